The monoisotopic (exact) mass is 256 g/mol. The molecule has 18 heavy (non-hydrogen) atoms. The maximum Gasteiger partial charge on any atom is 0.331 e. The molecule has 0 aliphatic carbocycles. The van der Waals surface area contributed by atoms with Gasteiger partial charge in [-0.05, 0) is 0 Å². The number of pyridine rings is 1. The predicted molar refractivity (Wildman–Crippen MR) is 60.8 cm³/mol. The van der Waals surface area contributed by atoms with Crippen LogP contribution in [0.2, 0.25) is 0 Å². The van der Waals surface area contributed by atoms with E-state index in [9.17, 15) is 10.1 Å². The van der Waals surface area contributed by atoms with Crippen molar-refractivity contribution < 1.29 is 19.6 Å². The van der Waals surface area contributed by atoms with Crippen LogP contribution >= 0.6 is 0 Å². The van der Waals surface area contributed by atoms with Crippen LogP contribution in [-0.4, -0.2) is 41.3 Å². The van der Waals surface area contributed by atoms with Crippen LogP contribution in [0.25, 0.3) is 0 Å². The Bertz CT molecular complexity index is 462. The van der Waals surface area contributed by atoms with Gasteiger partial charge in [0.1, 0.15) is 6.61 Å². The Hall–Kier alpha value is -2.42. The summed E-state index contributed by atoms with van der Waals surface area (Å²) in [7, 11) is 1.48. The number of aromatic nitrogens is 1. The van der Waals surface area contributed by atoms with Crippen molar-refractivity contribution in [3.8, 4) is 5.88 Å². The molecule has 0 aliphatic rings. The molecule has 0 unspecified atom stereocenters. The molecule has 1 heterocycles. The number of rotatable bonds is 6. The van der Waals surface area contributed by atoms with Crippen LogP contribution in [0.3, 0.4) is 0 Å². The molecule has 1 rings (SSSR count). The van der Waals surface area contributed by atoms with Crippen LogP contribution in [0.4, 0.5) is 5.69 Å². The van der Waals surface area contributed by atoms with Crippen molar-refractivity contribution >= 4 is 11.5 Å². The van der Waals surface area contributed by atoms with Gasteiger partial charge in [0.15, 0.2) is 5.84 Å². The summed E-state index contributed by atoms with van der Waals surface area (Å²) >= 11 is 0. The molecule has 0 aliphatic heterocycles. The molecule has 9 nitrogen and oxygen atoms in total. The van der Waals surface area contributed by atoms with E-state index in [0.29, 0.717) is 0 Å². The summed E-state index contributed by atoms with van der Waals surface area (Å²) in [4.78, 5) is 13.9. The highest BCUT2D eigenvalue weighted by molar-refractivity contribution is 5.97. The molecule has 0 saturated carbocycles. The van der Waals surface area contributed by atoms with Crippen LogP contribution in [-0.2, 0) is 4.74 Å². The van der Waals surface area contributed by atoms with Crippen molar-refractivity contribution in [1.82, 2.24) is 4.98 Å². The summed E-state index contributed by atoms with van der Waals surface area (Å²) in [6.07, 6.45) is 1.21. The molecular weight excluding hydrogens is 244 g/mol. The third kappa shape index (κ3) is 3.28. The van der Waals surface area contributed by atoms with E-state index in [-0.39, 0.29) is 36.2 Å². The second kappa shape index (κ2) is 6.35. The van der Waals surface area contributed by atoms with Gasteiger partial charge in [-0.15, -0.1) is 0 Å². The summed E-state index contributed by atoms with van der Waals surface area (Å²) in [5, 5.41) is 22.0. The number of nitro groups is 1. The predicted octanol–water partition coefficient (Wildman–Crippen LogP) is 0.110. The average Bonchev–Trinajstić information content (AvgIpc) is 2.38. The van der Waals surface area contributed by atoms with Gasteiger partial charge >= 0.3 is 5.69 Å². The fourth-order valence-corrected chi connectivity index (χ4v) is 1.10. The largest absolute Gasteiger partial charge is 0.470 e. The van der Waals surface area contributed by atoms with Gasteiger partial charge < -0.3 is 20.4 Å². The summed E-state index contributed by atoms with van der Waals surface area (Å²) < 4.78 is 9.83. The van der Waals surface area contributed by atoms with Gasteiger partial charge in [0.05, 0.1) is 11.5 Å². The Morgan fingerprint density at radius 2 is 2.39 bits per heavy atom. The topological polar surface area (TPSA) is 133 Å². The first kappa shape index (κ1) is 13.6. The number of hydrogen-bond donors (Lipinski definition) is 2. The molecule has 9 heteroatoms. The lowest BCUT2D eigenvalue weighted by Crippen LogP contribution is -2.14. The van der Waals surface area contributed by atoms with E-state index in [1.165, 1.54) is 13.3 Å². The number of amidine groups is 1. The highest BCUT2D eigenvalue weighted by atomic mass is 16.6. The van der Waals surface area contributed by atoms with E-state index in [4.69, 9.17) is 20.4 Å². The van der Waals surface area contributed by atoms with E-state index in [1.807, 2.05) is 0 Å². The third-order valence-electron chi connectivity index (χ3n) is 1.96. The second-order valence-corrected chi connectivity index (χ2v) is 3.13. The molecule has 0 radical (unpaired) electrons. The summed E-state index contributed by atoms with van der Waals surface area (Å²) in [5.41, 5.74) is 5.07. The van der Waals surface area contributed by atoms with Crippen molar-refractivity contribution in [3.05, 3.63) is 27.9 Å². The molecule has 0 amide bonds. The molecule has 0 atom stereocenters. The summed E-state index contributed by atoms with van der Waals surface area (Å²) in [5.74, 6) is -0.416. The van der Waals surface area contributed by atoms with Gasteiger partial charge in [0, 0.05) is 24.9 Å². The molecule has 1 aromatic rings. The fourth-order valence-electron chi connectivity index (χ4n) is 1.10. The van der Waals surface area contributed by atoms with Crippen LogP contribution in [0.5, 0.6) is 5.88 Å². The van der Waals surface area contributed by atoms with Gasteiger partial charge in [-0.2, -0.15) is 0 Å². The normalized spacial score (nSPS) is 11.3. The molecule has 0 bridgehead atoms. The highest BCUT2D eigenvalue weighted by Crippen LogP contribution is 2.24. The number of methoxy groups -OCH3 is 1. The summed E-state index contributed by atoms with van der Waals surface area (Å²) in [6.45, 7) is 0.411. The Labute approximate surface area is 102 Å². The number of ether oxygens (including phenoxy) is 2. The van der Waals surface area contributed by atoms with E-state index in [0.717, 1.165) is 6.07 Å². The van der Waals surface area contributed by atoms with Crippen LogP contribution in [0, 0.1) is 10.1 Å². The molecule has 0 saturated heterocycles. The molecule has 0 spiro atoms. The lowest BCUT2D eigenvalue weighted by Gasteiger charge is -2.06. The number of nitrogens with two attached hydrogens (primary N) is 1. The maximum atomic E-state index is 10.8. The van der Waals surface area contributed by atoms with Gasteiger partial charge in [0.25, 0.3) is 5.88 Å². The van der Waals surface area contributed by atoms with Crippen LogP contribution in [0.15, 0.2) is 17.4 Å². The van der Waals surface area contributed by atoms with E-state index in [2.05, 4.69) is 10.1 Å². The average molecular weight is 256 g/mol. The zero-order valence-electron chi connectivity index (χ0n) is 9.57. The first-order valence-corrected chi connectivity index (χ1v) is 4.84. The first-order chi connectivity index (χ1) is 8.60. The van der Waals surface area contributed by atoms with Crippen LogP contribution in [0.1, 0.15) is 5.56 Å². The van der Waals surface area contributed by atoms with Crippen molar-refractivity contribution in [3.63, 3.8) is 0 Å². The molecule has 0 fully saturated rings. The van der Waals surface area contributed by atoms with E-state index >= 15 is 0 Å². The van der Waals surface area contributed by atoms with Gasteiger partial charge in [-0.1, -0.05) is 5.16 Å². The number of oxime groups is 1. The minimum Gasteiger partial charge on any atom is -0.470 e. The van der Waals surface area contributed by atoms with Crippen molar-refractivity contribution in [1.29, 1.82) is 0 Å². The smallest absolute Gasteiger partial charge is 0.331 e. The summed E-state index contributed by atoms with van der Waals surface area (Å²) in [6, 6.07) is 1.12. The van der Waals surface area contributed by atoms with Gasteiger partial charge in [0.2, 0.25) is 0 Å². The zero-order chi connectivity index (χ0) is 13.5. The first-order valence-electron chi connectivity index (χ1n) is 4.84. The molecular formula is C9H12N4O5. The standard InChI is InChI=1S/C9H12N4O5/c1-17-2-3-18-9-7(13(15)16)4-6(5-11-9)8(10)12-14/h4-5,14H,2-3H2,1H3,(H2,10,12). The SMILES string of the molecule is COCCOc1ncc(C(N)=NO)cc1[N+](=O)[O-]. The molecule has 98 valence electrons. The fraction of sp³-hybridized carbons (Fsp3) is 0.333. The lowest BCUT2D eigenvalue weighted by atomic mass is 10.2. The molecule has 0 aromatic carbocycles. The third-order valence-corrected chi connectivity index (χ3v) is 1.96. The number of nitrogens with zero attached hydrogens (tertiary/aromatic N) is 3. The zero-order valence-corrected chi connectivity index (χ0v) is 9.57. The number of hydrogen-bond acceptors (Lipinski definition) is 7. The Balaban J connectivity index is 3.01. The van der Waals surface area contributed by atoms with E-state index < -0.39 is 4.92 Å². The quantitative estimate of drug-likeness (QED) is 0.184. The Morgan fingerprint density at radius 3 is 2.94 bits per heavy atom. The molecule has 1 aromatic heterocycles. The molecule has 3 N–H and O–H groups in total. The van der Waals surface area contributed by atoms with E-state index in [1.54, 1.807) is 0 Å². The van der Waals surface area contributed by atoms with Gasteiger partial charge in [-0.3, -0.25) is 10.1 Å². The van der Waals surface area contributed by atoms with Gasteiger partial charge in [-0.25, -0.2) is 4.98 Å². The highest BCUT2D eigenvalue weighted by Gasteiger charge is 2.19. The minimum absolute atomic E-state index is 0.128. The van der Waals surface area contributed by atoms with Crippen molar-refractivity contribution in [2.45, 2.75) is 0 Å². The maximum absolute atomic E-state index is 10.8. The Morgan fingerprint density at radius 1 is 1.67 bits per heavy atom. The van der Waals surface area contributed by atoms with Crippen molar-refractivity contribution in [2.75, 3.05) is 20.3 Å². The Kier molecular flexibility index (Phi) is 4.81. The second-order valence-electron chi connectivity index (χ2n) is 3.13. The van der Waals surface area contributed by atoms with Crippen LogP contribution < -0.4 is 10.5 Å². The minimum atomic E-state index is -0.663. The lowest BCUT2D eigenvalue weighted by molar-refractivity contribution is -0.386. The van der Waals surface area contributed by atoms with Crippen molar-refractivity contribution in [2.24, 2.45) is 10.9 Å².